The van der Waals surface area contributed by atoms with E-state index in [4.69, 9.17) is 9.47 Å². The van der Waals surface area contributed by atoms with E-state index in [1.54, 1.807) is 21.0 Å². The van der Waals surface area contributed by atoms with Crippen molar-refractivity contribution in [3.05, 3.63) is 29.8 Å². The van der Waals surface area contributed by atoms with Gasteiger partial charge in [0, 0.05) is 6.04 Å². The molecule has 1 aromatic rings. The van der Waals surface area contributed by atoms with Crippen LogP contribution in [0.3, 0.4) is 0 Å². The fourth-order valence-corrected chi connectivity index (χ4v) is 1.72. The van der Waals surface area contributed by atoms with Gasteiger partial charge in [-0.25, -0.2) is 0 Å². The predicted molar refractivity (Wildman–Crippen MR) is 70.6 cm³/mol. The van der Waals surface area contributed by atoms with Crippen molar-refractivity contribution in [2.45, 2.75) is 32.9 Å². The second-order valence-electron chi connectivity index (χ2n) is 4.14. The van der Waals surface area contributed by atoms with Gasteiger partial charge in [0.25, 0.3) is 0 Å². The smallest absolute Gasteiger partial charge is 0.322 e. The highest BCUT2D eigenvalue weighted by molar-refractivity contribution is 5.75. The first-order chi connectivity index (χ1) is 8.58. The number of hydrogen-bond acceptors (Lipinski definition) is 4. The van der Waals surface area contributed by atoms with Crippen LogP contribution in [0, 0.1) is 0 Å². The largest absolute Gasteiger partial charge is 0.497 e. The van der Waals surface area contributed by atoms with E-state index in [0.717, 1.165) is 11.3 Å². The number of rotatable bonds is 6. The Morgan fingerprint density at radius 3 is 2.72 bits per heavy atom. The first-order valence-electron chi connectivity index (χ1n) is 6.15. The molecule has 4 nitrogen and oxygen atoms in total. The van der Waals surface area contributed by atoms with Gasteiger partial charge in [-0.1, -0.05) is 12.1 Å². The summed E-state index contributed by atoms with van der Waals surface area (Å²) in [6.07, 6.45) is 0. The number of ether oxygens (including phenoxy) is 2. The summed E-state index contributed by atoms with van der Waals surface area (Å²) in [4.78, 5) is 11.5. The Morgan fingerprint density at radius 2 is 2.11 bits per heavy atom. The van der Waals surface area contributed by atoms with E-state index in [1.165, 1.54) is 0 Å². The van der Waals surface area contributed by atoms with Gasteiger partial charge >= 0.3 is 5.97 Å². The Balaban J connectivity index is 2.63. The number of benzene rings is 1. The maximum atomic E-state index is 11.5. The van der Waals surface area contributed by atoms with Gasteiger partial charge in [0.15, 0.2) is 0 Å². The number of carbonyl (C=O) groups excluding carboxylic acids is 1. The first kappa shape index (κ1) is 14.5. The van der Waals surface area contributed by atoms with Gasteiger partial charge in [0.2, 0.25) is 0 Å². The average molecular weight is 251 g/mol. The Labute approximate surface area is 108 Å². The summed E-state index contributed by atoms with van der Waals surface area (Å²) < 4.78 is 10.1. The summed E-state index contributed by atoms with van der Waals surface area (Å²) in [5.74, 6) is 0.581. The van der Waals surface area contributed by atoms with Crippen molar-refractivity contribution < 1.29 is 14.3 Å². The molecule has 1 aromatic carbocycles. The molecule has 4 heteroatoms. The van der Waals surface area contributed by atoms with Crippen molar-refractivity contribution >= 4 is 5.97 Å². The highest BCUT2D eigenvalue weighted by Crippen LogP contribution is 2.19. The molecule has 1 unspecified atom stereocenters. The van der Waals surface area contributed by atoms with Crippen molar-refractivity contribution in [2.75, 3.05) is 13.7 Å². The van der Waals surface area contributed by atoms with E-state index in [-0.39, 0.29) is 18.1 Å². The van der Waals surface area contributed by atoms with Gasteiger partial charge in [-0.2, -0.15) is 0 Å². The van der Waals surface area contributed by atoms with Crippen LogP contribution in [-0.2, 0) is 9.53 Å². The SMILES string of the molecule is CCOC(=O)C(C)N[C@H](C)c1cccc(OC)c1. The average Bonchev–Trinajstić information content (AvgIpc) is 2.39. The molecule has 0 saturated heterocycles. The molecule has 0 fully saturated rings. The van der Waals surface area contributed by atoms with Gasteiger partial charge in [-0.15, -0.1) is 0 Å². The van der Waals surface area contributed by atoms with Crippen LogP contribution in [0.1, 0.15) is 32.4 Å². The van der Waals surface area contributed by atoms with Crippen LogP contribution in [0.25, 0.3) is 0 Å². The van der Waals surface area contributed by atoms with E-state index < -0.39 is 0 Å². The number of nitrogens with one attached hydrogen (secondary N) is 1. The molecule has 0 aliphatic rings. The molecule has 2 atom stereocenters. The van der Waals surface area contributed by atoms with Gasteiger partial charge in [-0.05, 0) is 38.5 Å². The van der Waals surface area contributed by atoms with E-state index in [2.05, 4.69) is 5.32 Å². The molecular weight excluding hydrogens is 230 g/mol. The summed E-state index contributed by atoms with van der Waals surface area (Å²) in [5, 5.41) is 3.20. The molecule has 18 heavy (non-hydrogen) atoms. The summed E-state index contributed by atoms with van der Waals surface area (Å²) in [7, 11) is 1.64. The van der Waals surface area contributed by atoms with Crippen molar-refractivity contribution in [3.8, 4) is 5.75 Å². The molecule has 0 radical (unpaired) electrons. The van der Waals surface area contributed by atoms with Crippen LogP contribution >= 0.6 is 0 Å². The van der Waals surface area contributed by atoms with Crippen LogP contribution in [0.2, 0.25) is 0 Å². The number of carbonyl (C=O) groups is 1. The normalized spacial score (nSPS) is 13.8. The van der Waals surface area contributed by atoms with Gasteiger partial charge in [0.05, 0.1) is 13.7 Å². The zero-order valence-corrected chi connectivity index (χ0v) is 11.4. The number of hydrogen-bond donors (Lipinski definition) is 1. The lowest BCUT2D eigenvalue weighted by Crippen LogP contribution is -2.37. The highest BCUT2D eigenvalue weighted by Gasteiger charge is 2.17. The molecule has 100 valence electrons. The highest BCUT2D eigenvalue weighted by atomic mass is 16.5. The number of esters is 1. The minimum absolute atomic E-state index is 0.0551. The summed E-state index contributed by atoms with van der Waals surface area (Å²) in [6, 6.07) is 7.51. The minimum Gasteiger partial charge on any atom is -0.497 e. The Morgan fingerprint density at radius 1 is 1.39 bits per heavy atom. The van der Waals surface area contributed by atoms with Gasteiger partial charge < -0.3 is 9.47 Å². The molecule has 0 spiro atoms. The molecule has 0 aliphatic heterocycles. The fraction of sp³-hybridized carbons (Fsp3) is 0.500. The molecule has 1 rings (SSSR count). The van der Waals surface area contributed by atoms with Crippen LogP contribution in [0.5, 0.6) is 5.75 Å². The maximum Gasteiger partial charge on any atom is 0.322 e. The van der Waals surface area contributed by atoms with Gasteiger partial charge in [0.1, 0.15) is 11.8 Å². The Hall–Kier alpha value is -1.55. The minimum atomic E-state index is -0.328. The predicted octanol–water partition coefficient (Wildman–Crippen LogP) is 2.30. The van der Waals surface area contributed by atoms with Crippen LogP contribution in [0.4, 0.5) is 0 Å². The lowest BCUT2D eigenvalue weighted by molar-refractivity contribution is -0.145. The second-order valence-corrected chi connectivity index (χ2v) is 4.14. The topological polar surface area (TPSA) is 47.6 Å². The summed E-state index contributed by atoms with van der Waals surface area (Å²) in [5.41, 5.74) is 1.07. The summed E-state index contributed by atoms with van der Waals surface area (Å²) in [6.45, 7) is 6.01. The monoisotopic (exact) mass is 251 g/mol. The fourth-order valence-electron chi connectivity index (χ4n) is 1.72. The van der Waals surface area contributed by atoms with Crippen molar-refractivity contribution in [2.24, 2.45) is 0 Å². The maximum absolute atomic E-state index is 11.5. The second kappa shape index (κ2) is 7.01. The van der Waals surface area contributed by atoms with Crippen LogP contribution in [0.15, 0.2) is 24.3 Å². The third-order valence-corrected chi connectivity index (χ3v) is 2.73. The van der Waals surface area contributed by atoms with E-state index in [9.17, 15) is 4.79 Å². The molecular formula is C14H21NO3. The lowest BCUT2D eigenvalue weighted by atomic mass is 10.1. The molecule has 1 N–H and O–H groups in total. The zero-order valence-electron chi connectivity index (χ0n) is 11.4. The van der Waals surface area contributed by atoms with Gasteiger partial charge in [-0.3, -0.25) is 10.1 Å². The van der Waals surface area contributed by atoms with Crippen LogP contribution < -0.4 is 10.1 Å². The lowest BCUT2D eigenvalue weighted by Gasteiger charge is -2.19. The van der Waals surface area contributed by atoms with E-state index >= 15 is 0 Å². The summed E-state index contributed by atoms with van der Waals surface area (Å²) >= 11 is 0. The van der Waals surface area contributed by atoms with E-state index in [1.807, 2.05) is 31.2 Å². The number of methoxy groups -OCH3 is 1. The third kappa shape index (κ3) is 4.04. The molecule has 0 heterocycles. The molecule has 0 amide bonds. The van der Waals surface area contributed by atoms with Crippen molar-refractivity contribution in [1.29, 1.82) is 0 Å². The zero-order chi connectivity index (χ0) is 13.5. The molecule has 0 bridgehead atoms. The van der Waals surface area contributed by atoms with E-state index in [0.29, 0.717) is 6.61 Å². The quantitative estimate of drug-likeness (QED) is 0.788. The molecule has 0 saturated carbocycles. The van der Waals surface area contributed by atoms with Crippen LogP contribution in [-0.4, -0.2) is 25.7 Å². The van der Waals surface area contributed by atoms with Crippen molar-refractivity contribution in [1.82, 2.24) is 5.32 Å². The molecule has 0 aromatic heterocycles. The standard InChI is InChI=1S/C14H21NO3/c1-5-18-14(16)11(3)15-10(2)12-7-6-8-13(9-12)17-4/h6-11,15H,5H2,1-4H3/t10-,11?/m1/s1. The third-order valence-electron chi connectivity index (χ3n) is 2.73. The Kier molecular flexibility index (Phi) is 5.65. The first-order valence-corrected chi connectivity index (χ1v) is 6.15. The Bertz CT molecular complexity index is 392. The van der Waals surface area contributed by atoms with Crippen molar-refractivity contribution in [3.63, 3.8) is 0 Å². The molecule has 0 aliphatic carbocycles.